The summed E-state index contributed by atoms with van der Waals surface area (Å²) in [5.74, 6) is -2.46. The molecular weight excluding hydrogens is 321 g/mol. The van der Waals surface area contributed by atoms with Crippen molar-refractivity contribution in [1.82, 2.24) is 0 Å². The summed E-state index contributed by atoms with van der Waals surface area (Å²) in [5.41, 5.74) is 0.590. The molecule has 0 radical (unpaired) electrons. The lowest BCUT2D eigenvalue weighted by molar-refractivity contribution is -0.114. The van der Waals surface area contributed by atoms with E-state index in [1.54, 1.807) is 18.2 Å². The van der Waals surface area contributed by atoms with Crippen LogP contribution in [0.2, 0.25) is 10.0 Å². The smallest absolute Gasteiger partial charge is 0.243 e. The molecule has 0 aromatic heterocycles. The molecule has 0 fully saturated rings. The highest BCUT2D eigenvalue weighted by molar-refractivity contribution is 6.39. The molecule has 0 saturated heterocycles. The van der Waals surface area contributed by atoms with Crippen molar-refractivity contribution in [2.24, 2.45) is 0 Å². The van der Waals surface area contributed by atoms with Crippen molar-refractivity contribution in [3.63, 3.8) is 0 Å². The minimum atomic E-state index is -1.03. The molecule has 0 bridgehead atoms. The van der Waals surface area contributed by atoms with Crippen molar-refractivity contribution in [3.8, 4) is 0 Å². The first-order valence-electron chi connectivity index (χ1n) is 5.90. The van der Waals surface area contributed by atoms with Gasteiger partial charge in [0.1, 0.15) is 0 Å². The molecule has 0 saturated carbocycles. The molecule has 2 aromatic carbocycles. The van der Waals surface area contributed by atoms with Crippen LogP contribution in [0.5, 0.6) is 0 Å². The van der Waals surface area contributed by atoms with Crippen molar-refractivity contribution in [2.45, 2.75) is 0 Å². The summed E-state index contributed by atoms with van der Waals surface area (Å²) < 4.78 is 25.8. The van der Waals surface area contributed by atoms with Gasteiger partial charge in [-0.3, -0.25) is 4.79 Å². The van der Waals surface area contributed by atoms with E-state index in [1.165, 1.54) is 6.07 Å². The van der Waals surface area contributed by atoms with Gasteiger partial charge >= 0.3 is 0 Å². The van der Waals surface area contributed by atoms with E-state index in [0.717, 1.165) is 12.1 Å². The van der Waals surface area contributed by atoms with Crippen LogP contribution in [0.4, 0.5) is 20.2 Å². The summed E-state index contributed by atoms with van der Waals surface area (Å²) in [6.45, 7) is -0.123. The average Bonchev–Trinajstić information content (AvgIpc) is 2.42. The van der Waals surface area contributed by atoms with Gasteiger partial charge in [0.15, 0.2) is 11.6 Å². The van der Waals surface area contributed by atoms with E-state index in [4.69, 9.17) is 23.2 Å². The first-order valence-corrected chi connectivity index (χ1v) is 6.66. The Bertz CT molecular complexity index is 660. The largest absolute Gasteiger partial charge is 0.374 e. The monoisotopic (exact) mass is 330 g/mol. The lowest BCUT2D eigenvalue weighted by atomic mass is 10.3. The van der Waals surface area contributed by atoms with E-state index < -0.39 is 17.5 Å². The molecule has 2 N–H and O–H groups in total. The predicted octanol–water partition coefficient (Wildman–Crippen LogP) is 4.32. The summed E-state index contributed by atoms with van der Waals surface area (Å²) in [6.07, 6.45) is 0. The van der Waals surface area contributed by atoms with Gasteiger partial charge in [0, 0.05) is 11.8 Å². The average molecular weight is 331 g/mol. The van der Waals surface area contributed by atoms with Crippen LogP contribution < -0.4 is 10.6 Å². The number of carbonyl (C=O) groups is 1. The molecule has 0 spiro atoms. The third-order valence-electron chi connectivity index (χ3n) is 2.59. The molecule has 110 valence electrons. The molecule has 3 nitrogen and oxygen atoms in total. The molecule has 21 heavy (non-hydrogen) atoms. The van der Waals surface area contributed by atoms with Crippen LogP contribution in [0, 0.1) is 11.6 Å². The van der Waals surface area contributed by atoms with Gasteiger partial charge in [-0.05, 0) is 24.3 Å². The molecule has 7 heteroatoms. The minimum Gasteiger partial charge on any atom is -0.374 e. The van der Waals surface area contributed by atoms with E-state index in [-0.39, 0.29) is 12.2 Å². The second-order valence-electron chi connectivity index (χ2n) is 4.13. The third-order valence-corrected chi connectivity index (χ3v) is 3.22. The van der Waals surface area contributed by atoms with Crippen molar-refractivity contribution in [3.05, 3.63) is 58.1 Å². The van der Waals surface area contributed by atoms with Crippen molar-refractivity contribution in [2.75, 3.05) is 17.2 Å². The van der Waals surface area contributed by atoms with Gasteiger partial charge in [0.25, 0.3) is 0 Å². The Labute approximate surface area is 129 Å². The maximum Gasteiger partial charge on any atom is 0.243 e. The van der Waals surface area contributed by atoms with Crippen LogP contribution in [-0.2, 0) is 4.79 Å². The molecule has 0 aliphatic rings. The number of benzene rings is 2. The lowest BCUT2D eigenvalue weighted by Gasteiger charge is -2.10. The number of carbonyl (C=O) groups excluding carboxylic acids is 1. The Morgan fingerprint density at radius 3 is 2.33 bits per heavy atom. The maximum absolute atomic E-state index is 13.0. The summed E-state index contributed by atoms with van der Waals surface area (Å²) in [6, 6.07) is 8.03. The Balaban J connectivity index is 1.97. The van der Waals surface area contributed by atoms with Gasteiger partial charge in [-0.25, -0.2) is 8.78 Å². The molecule has 0 aliphatic heterocycles. The van der Waals surface area contributed by atoms with Crippen molar-refractivity contribution < 1.29 is 13.6 Å². The number of nitrogens with one attached hydrogen (secondary N) is 2. The predicted molar refractivity (Wildman–Crippen MR) is 79.9 cm³/mol. The first-order chi connectivity index (χ1) is 9.97. The van der Waals surface area contributed by atoms with Gasteiger partial charge in [0.2, 0.25) is 5.91 Å². The number of rotatable bonds is 4. The van der Waals surface area contributed by atoms with E-state index >= 15 is 0 Å². The highest BCUT2D eigenvalue weighted by Gasteiger charge is 2.09. The molecular formula is C14H10Cl2F2N2O. The summed E-state index contributed by atoms with van der Waals surface area (Å²) in [4.78, 5) is 11.7. The topological polar surface area (TPSA) is 41.1 Å². The number of halogens is 4. The fraction of sp³-hybridized carbons (Fsp3) is 0.0714. The van der Waals surface area contributed by atoms with Crippen LogP contribution in [0.25, 0.3) is 0 Å². The van der Waals surface area contributed by atoms with E-state index in [1.807, 2.05) is 0 Å². The van der Waals surface area contributed by atoms with Crippen molar-refractivity contribution >= 4 is 40.5 Å². The third kappa shape index (κ3) is 4.06. The van der Waals surface area contributed by atoms with E-state index in [9.17, 15) is 13.6 Å². The molecule has 2 rings (SSSR count). The number of hydrogen-bond acceptors (Lipinski definition) is 2. The fourth-order valence-corrected chi connectivity index (χ4v) is 2.15. The van der Waals surface area contributed by atoms with Gasteiger partial charge in [0.05, 0.1) is 22.3 Å². The van der Waals surface area contributed by atoms with Crippen molar-refractivity contribution in [1.29, 1.82) is 0 Å². The number of hydrogen-bond donors (Lipinski definition) is 2. The van der Waals surface area contributed by atoms with Crippen LogP contribution in [0.1, 0.15) is 0 Å². The zero-order chi connectivity index (χ0) is 15.4. The number of anilines is 2. The zero-order valence-electron chi connectivity index (χ0n) is 10.6. The maximum atomic E-state index is 13.0. The van der Waals surface area contributed by atoms with Gasteiger partial charge in [-0.1, -0.05) is 29.3 Å². The SMILES string of the molecule is O=C(CNc1c(Cl)cccc1Cl)Nc1ccc(F)c(F)c1. The summed E-state index contributed by atoms with van der Waals surface area (Å²) in [7, 11) is 0. The minimum absolute atomic E-state index is 0.123. The highest BCUT2D eigenvalue weighted by atomic mass is 35.5. The first kappa shape index (κ1) is 15.5. The summed E-state index contributed by atoms with van der Waals surface area (Å²) in [5, 5.41) is 5.96. The number of para-hydroxylation sites is 1. The molecule has 2 aromatic rings. The Hall–Kier alpha value is -1.85. The normalized spacial score (nSPS) is 10.3. The molecule has 0 heterocycles. The standard InChI is InChI=1S/C14H10Cl2F2N2O/c15-9-2-1-3-10(16)14(9)19-7-13(21)20-8-4-5-11(17)12(18)6-8/h1-6,19H,7H2,(H,20,21). The Morgan fingerprint density at radius 2 is 1.71 bits per heavy atom. The van der Waals surface area contributed by atoms with Gasteiger partial charge < -0.3 is 10.6 Å². The van der Waals surface area contributed by atoms with Crippen LogP contribution in [-0.4, -0.2) is 12.5 Å². The van der Waals surface area contributed by atoms with Gasteiger partial charge in [-0.15, -0.1) is 0 Å². The molecule has 0 aliphatic carbocycles. The lowest BCUT2D eigenvalue weighted by Crippen LogP contribution is -2.22. The fourth-order valence-electron chi connectivity index (χ4n) is 1.61. The summed E-state index contributed by atoms with van der Waals surface area (Å²) >= 11 is 11.9. The second-order valence-corrected chi connectivity index (χ2v) is 4.94. The Morgan fingerprint density at radius 1 is 1.05 bits per heavy atom. The Kier molecular flexibility index (Phi) is 4.98. The van der Waals surface area contributed by atoms with Crippen LogP contribution in [0.3, 0.4) is 0 Å². The quantitative estimate of drug-likeness (QED) is 0.876. The molecule has 0 atom stereocenters. The van der Waals surface area contributed by atoms with Crippen LogP contribution in [0.15, 0.2) is 36.4 Å². The molecule has 0 unspecified atom stereocenters. The van der Waals surface area contributed by atoms with E-state index in [2.05, 4.69) is 10.6 Å². The second kappa shape index (κ2) is 6.74. The number of amides is 1. The van der Waals surface area contributed by atoms with Crippen LogP contribution >= 0.6 is 23.2 Å². The highest BCUT2D eigenvalue weighted by Crippen LogP contribution is 2.29. The zero-order valence-corrected chi connectivity index (χ0v) is 12.1. The van der Waals surface area contributed by atoms with E-state index in [0.29, 0.717) is 15.7 Å². The molecule has 1 amide bonds. The van der Waals surface area contributed by atoms with Gasteiger partial charge in [-0.2, -0.15) is 0 Å².